The predicted molar refractivity (Wildman–Crippen MR) is 77.6 cm³/mol. The monoisotopic (exact) mass is 310 g/mol. The van der Waals surface area contributed by atoms with Crippen molar-refractivity contribution in [1.82, 2.24) is 4.90 Å². The number of amides is 1. The molecule has 18 heavy (non-hydrogen) atoms. The summed E-state index contributed by atoms with van der Waals surface area (Å²) in [5.41, 5.74) is 8.11. The molecule has 0 bridgehead atoms. The van der Waals surface area contributed by atoms with Gasteiger partial charge in [0.05, 0.1) is 0 Å². The van der Waals surface area contributed by atoms with Gasteiger partial charge in [-0.3, -0.25) is 4.79 Å². The Balaban J connectivity index is 2.27. The van der Waals surface area contributed by atoms with Crippen molar-refractivity contribution in [2.24, 2.45) is 5.92 Å². The molecule has 1 fully saturated rings. The molecule has 4 heteroatoms. The first-order valence-corrected chi connectivity index (χ1v) is 7.04. The molecular formula is C14H19BrN2O. The Labute approximate surface area is 116 Å². The molecule has 0 aromatic heterocycles. The maximum atomic E-state index is 12.5. The number of benzene rings is 1. The molecule has 98 valence electrons. The van der Waals surface area contributed by atoms with Crippen LogP contribution >= 0.6 is 15.9 Å². The molecule has 0 heterocycles. The van der Waals surface area contributed by atoms with E-state index in [1.807, 2.05) is 31.0 Å². The van der Waals surface area contributed by atoms with Gasteiger partial charge in [-0.2, -0.15) is 0 Å². The van der Waals surface area contributed by atoms with Crippen molar-refractivity contribution in [1.29, 1.82) is 0 Å². The van der Waals surface area contributed by atoms with Crippen LogP contribution in [0.4, 0.5) is 5.69 Å². The number of nitrogen functional groups attached to an aromatic ring is 1. The quantitative estimate of drug-likeness (QED) is 0.871. The van der Waals surface area contributed by atoms with Crippen LogP contribution in [0.2, 0.25) is 0 Å². The third-order valence-electron chi connectivity index (χ3n) is 3.88. The molecule has 0 spiro atoms. The number of rotatable bonds is 3. The molecule has 2 N–H and O–H groups in total. The molecule has 1 aromatic carbocycles. The molecule has 1 saturated carbocycles. The van der Waals surface area contributed by atoms with Crippen LogP contribution < -0.4 is 5.73 Å². The van der Waals surface area contributed by atoms with E-state index in [9.17, 15) is 4.79 Å². The summed E-state index contributed by atoms with van der Waals surface area (Å²) in [4.78, 5) is 14.3. The van der Waals surface area contributed by atoms with Crippen LogP contribution in [-0.2, 0) is 0 Å². The fourth-order valence-electron chi connectivity index (χ4n) is 2.19. The second kappa shape index (κ2) is 4.92. The van der Waals surface area contributed by atoms with E-state index >= 15 is 0 Å². The van der Waals surface area contributed by atoms with Gasteiger partial charge in [0.15, 0.2) is 0 Å². The molecule has 0 saturated heterocycles. The first kappa shape index (κ1) is 13.4. The van der Waals surface area contributed by atoms with E-state index in [0.29, 0.717) is 23.2 Å². The molecule has 0 radical (unpaired) electrons. The highest BCUT2D eigenvalue weighted by atomic mass is 79.9. The number of hydrogen-bond acceptors (Lipinski definition) is 2. The number of nitrogens with two attached hydrogens (primary N) is 1. The molecule has 1 unspecified atom stereocenters. The van der Waals surface area contributed by atoms with Gasteiger partial charge in [-0.15, -0.1) is 0 Å². The van der Waals surface area contributed by atoms with Crippen LogP contribution in [0.1, 0.15) is 35.7 Å². The summed E-state index contributed by atoms with van der Waals surface area (Å²) < 4.78 is 0.849. The second-order valence-corrected chi connectivity index (χ2v) is 6.08. The molecule has 1 amide bonds. The van der Waals surface area contributed by atoms with Crippen molar-refractivity contribution in [3.8, 4) is 0 Å². The van der Waals surface area contributed by atoms with Crippen molar-refractivity contribution >= 4 is 27.5 Å². The number of anilines is 1. The van der Waals surface area contributed by atoms with E-state index in [-0.39, 0.29) is 5.91 Å². The summed E-state index contributed by atoms with van der Waals surface area (Å²) in [6, 6.07) is 3.98. The summed E-state index contributed by atoms with van der Waals surface area (Å²) in [5.74, 6) is 0.726. The van der Waals surface area contributed by atoms with Gasteiger partial charge in [-0.1, -0.05) is 15.9 Å². The average Bonchev–Trinajstić information content (AvgIpc) is 3.15. The minimum absolute atomic E-state index is 0.0555. The Bertz CT molecular complexity index is 483. The van der Waals surface area contributed by atoms with Crippen LogP contribution in [0.15, 0.2) is 16.6 Å². The highest BCUT2D eigenvalue weighted by molar-refractivity contribution is 9.10. The largest absolute Gasteiger partial charge is 0.398 e. The number of halogens is 1. The molecule has 1 atom stereocenters. The first-order valence-electron chi connectivity index (χ1n) is 6.24. The van der Waals surface area contributed by atoms with Gasteiger partial charge in [-0.25, -0.2) is 0 Å². The molecule has 2 rings (SSSR count). The summed E-state index contributed by atoms with van der Waals surface area (Å²) in [6.07, 6.45) is 2.47. The topological polar surface area (TPSA) is 46.3 Å². The van der Waals surface area contributed by atoms with Gasteiger partial charge in [0.1, 0.15) is 0 Å². The fraction of sp³-hybridized carbons (Fsp3) is 0.500. The number of carbonyl (C=O) groups is 1. The maximum absolute atomic E-state index is 12.5. The Kier molecular flexibility index (Phi) is 3.66. The zero-order valence-corrected chi connectivity index (χ0v) is 12.6. The van der Waals surface area contributed by atoms with Crippen LogP contribution in [0, 0.1) is 12.8 Å². The normalized spacial score (nSPS) is 16.4. The van der Waals surface area contributed by atoms with Crippen molar-refractivity contribution in [3.63, 3.8) is 0 Å². The van der Waals surface area contributed by atoms with Crippen molar-refractivity contribution < 1.29 is 4.79 Å². The molecule has 1 aromatic rings. The maximum Gasteiger partial charge on any atom is 0.254 e. The van der Waals surface area contributed by atoms with Gasteiger partial charge >= 0.3 is 0 Å². The molecule has 3 nitrogen and oxygen atoms in total. The van der Waals surface area contributed by atoms with Gasteiger partial charge in [-0.05, 0) is 50.3 Å². The van der Waals surface area contributed by atoms with Crippen molar-refractivity contribution in [3.05, 3.63) is 27.7 Å². The summed E-state index contributed by atoms with van der Waals surface area (Å²) in [7, 11) is 1.88. The highest BCUT2D eigenvalue weighted by Crippen LogP contribution is 2.35. The van der Waals surface area contributed by atoms with Gasteiger partial charge in [0, 0.05) is 28.8 Å². The summed E-state index contributed by atoms with van der Waals surface area (Å²) in [5, 5.41) is 0. The smallest absolute Gasteiger partial charge is 0.254 e. The van der Waals surface area contributed by atoms with Crippen molar-refractivity contribution in [2.75, 3.05) is 12.8 Å². The Morgan fingerprint density at radius 2 is 2.11 bits per heavy atom. The lowest BCUT2D eigenvalue weighted by atomic mass is 10.0. The van der Waals surface area contributed by atoms with E-state index < -0.39 is 0 Å². The van der Waals surface area contributed by atoms with Crippen LogP contribution in [0.25, 0.3) is 0 Å². The molecule has 0 aliphatic heterocycles. The fourth-order valence-corrected chi connectivity index (χ4v) is 2.67. The minimum Gasteiger partial charge on any atom is -0.398 e. The third-order valence-corrected chi connectivity index (χ3v) is 4.34. The Morgan fingerprint density at radius 1 is 1.50 bits per heavy atom. The highest BCUT2D eigenvalue weighted by Gasteiger charge is 2.33. The lowest BCUT2D eigenvalue weighted by Crippen LogP contribution is -2.36. The van der Waals surface area contributed by atoms with E-state index in [2.05, 4.69) is 22.9 Å². The SMILES string of the molecule is Cc1c(N)cc(Br)cc1C(=O)N(C)C(C)C1CC1. The van der Waals surface area contributed by atoms with Gasteiger partial charge < -0.3 is 10.6 Å². The first-order chi connectivity index (χ1) is 8.41. The standard InChI is InChI=1S/C14H19BrN2O/c1-8-12(6-11(15)7-13(8)16)14(18)17(3)9(2)10-4-5-10/h6-7,9-10H,4-5,16H2,1-3H3. The van der Waals surface area contributed by atoms with Gasteiger partial charge in [0.25, 0.3) is 5.91 Å². The van der Waals surface area contributed by atoms with Crippen LogP contribution in [0.3, 0.4) is 0 Å². The van der Waals surface area contributed by atoms with Gasteiger partial charge in [0.2, 0.25) is 0 Å². The summed E-state index contributed by atoms with van der Waals surface area (Å²) in [6.45, 7) is 4.01. The molecule has 1 aliphatic rings. The Hall–Kier alpha value is -1.03. The van der Waals surface area contributed by atoms with E-state index in [4.69, 9.17) is 5.73 Å². The second-order valence-electron chi connectivity index (χ2n) is 5.16. The Morgan fingerprint density at radius 3 is 2.67 bits per heavy atom. The molecular weight excluding hydrogens is 292 g/mol. The van der Waals surface area contributed by atoms with E-state index in [1.54, 1.807) is 0 Å². The minimum atomic E-state index is 0.0555. The number of hydrogen-bond donors (Lipinski definition) is 1. The van der Waals surface area contributed by atoms with E-state index in [1.165, 1.54) is 12.8 Å². The van der Waals surface area contributed by atoms with Crippen LogP contribution in [-0.4, -0.2) is 23.9 Å². The average molecular weight is 311 g/mol. The third kappa shape index (κ3) is 2.53. The van der Waals surface area contributed by atoms with E-state index in [0.717, 1.165) is 10.0 Å². The summed E-state index contributed by atoms with van der Waals surface area (Å²) >= 11 is 3.39. The zero-order valence-electron chi connectivity index (χ0n) is 11.0. The van der Waals surface area contributed by atoms with Crippen LogP contribution in [0.5, 0.6) is 0 Å². The number of carbonyl (C=O) groups excluding carboxylic acids is 1. The zero-order chi connectivity index (χ0) is 13.4. The number of nitrogens with zero attached hydrogens (tertiary/aromatic N) is 1. The predicted octanol–water partition coefficient (Wildman–Crippen LogP) is 3.21. The molecule has 1 aliphatic carbocycles. The van der Waals surface area contributed by atoms with Crippen molar-refractivity contribution in [2.45, 2.75) is 32.7 Å². The lowest BCUT2D eigenvalue weighted by molar-refractivity contribution is 0.0726. The lowest BCUT2D eigenvalue weighted by Gasteiger charge is -2.26.